The van der Waals surface area contributed by atoms with E-state index >= 15 is 0 Å². The van der Waals surface area contributed by atoms with E-state index in [0.717, 1.165) is 22.6 Å². The van der Waals surface area contributed by atoms with E-state index in [1.165, 1.54) is 32.1 Å². The second-order valence-corrected chi connectivity index (χ2v) is 5.95. The molecule has 3 unspecified atom stereocenters. The van der Waals surface area contributed by atoms with Gasteiger partial charge < -0.3 is 4.42 Å². The van der Waals surface area contributed by atoms with Crippen LogP contribution in [-0.4, -0.2) is 0 Å². The molecule has 3 heteroatoms. The number of nitrogens with one attached hydrogen (secondary N) is 1. The largest absolute Gasteiger partial charge is 0.459 e. The van der Waals surface area contributed by atoms with Crippen LogP contribution in [0.2, 0.25) is 0 Å². The van der Waals surface area contributed by atoms with Crippen LogP contribution in [0.1, 0.15) is 50.8 Å². The molecule has 1 aromatic heterocycles. The summed E-state index contributed by atoms with van der Waals surface area (Å²) < 4.78 is 6.02. The molecule has 0 saturated heterocycles. The highest BCUT2D eigenvalue weighted by Crippen LogP contribution is 2.41. The van der Waals surface area contributed by atoms with Gasteiger partial charge in [0.2, 0.25) is 0 Å². The molecule has 3 atom stereocenters. The first-order valence-electron chi connectivity index (χ1n) is 7.78. The Morgan fingerprint density at radius 1 is 1.30 bits per heavy atom. The summed E-state index contributed by atoms with van der Waals surface area (Å²) in [6.07, 6.45) is 6.44. The second-order valence-electron chi connectivity index (χ2n) is 5.95. The van der Waals surface area contributed by atoms with Crippen LogP contribution in [0.4, 0.5) is 0 Å². The van der Waals surface area contributed by atoms with E-state index in [1.54, 1.807) is 0 Å². The summed E-state index contributed by atoms with van der Waals surface area (Å²) in [4.78, 5) is 0. The molecule has 0 bridgehead atoms. The molecule has 3 N–H and O–H groups in total. The zero-order chi connectivity index (χ0) is 13.9. The third-order valence-electron chi connectivity index (χ3n) is 4.85. The van der Waals surface area contributed by atoms with Crippen LogP contribution < -0.4 is 11.3 Å². The number of rotatable bonds is 4. The fourth-order valence-electron chi connectivity index (χ4n) is 3.75. The van der Waals surface area contributed by atoms with Gasteiger partial charge in [-0.2, -0.15) is 0 Å². The molecular weight excluding hydrogens is 248 g/mol. The minimum absolute atomic E-state index is 0.132. The zero-order valence-corrected chi connectivity index (χ0v) is 12.1. The Bertz CT molecular complexity index is 530. The van der Waals surface area contributed by atoms with Gasteiger partial charge in [0.1, 0.15) is 11.3 Å². The van der Waals surface area contributed by atoms with Crippen molar-refractivity contribution in [3.63, 3.8) is 0 Å². The lowest BCUT2D eigenvalue weighted by Crippen LogP contribution is -2.37. The Labute approximate surface area is 120 Å². The van der Waals surface area contributed by atoms with Crippen LogP contribution in [0.15, 0.2) is 34.7 Å². The summed E-state index contributed by atoms with van der Waals surface area (Å²) in [5.74, 6) is 8.18. The minimum Gasteiger partial charge on any atom is -0.459 e. The molecule has 2 aromatic rings. The second kappa shape index (κ2) is 5.98. The highest BCUT2D eigenvalue weighted by atomic mass is 16.3. The van der Waals surface area contributed by atoms with E-state index < -0.39 is 0 Å². The molecule has 1 fully saturated rings. The molecule has 1 aliphatic rings. The van der Waals surface area contributed by atoms with Crippen molar-refractivity contribution in [3.8, 4) is 0 Å². The molecule has 3 rings (SSSR count). The summed E-state index contributed by atoms with van der Waals surface area (Å²) in [5, 5.41) is 1.16. The number of furan rings is 1. The smallest absolute Gasteiger partial charge is 0.134 e. The van der Waals surface area contributed by atoms with Crippen LogP contribution in [-0.2, 0) is 0 Å². The van der Waals surface area contributed by atoms with E-state index in [1.807, 2.05) is 18.2 Å². The van der Waals surface area contributed by atoms with Crippen molar-refractivity contribution in [2.45, 2.75) is 45.1 Å². The van der Waals surface area contributed by atoms with Gasteiger partial charge in [-0.15, -0.1) is 0 Å². The van der Waals surface area contributed by atoms with Gasteiger partial charge in [-0.3, -0.25) is 5.84 Å². The highest BCUT2D eigenvalue weighted by Gasteiger charge is 2.33. The molecule has 1 aromatic carbocycles. The van der Waals surface area contributed by atoms with E-state index in [4.69, 9.17) is 10.3 Å². The van der Waals surface area contributed by atoms with Gasteiger partial charge in [-0.1, -0.05) is 50.8 Å². The maximum atomic E-state index is 6.02. The Hall–Kier alpha value is -1.32. The molecule has 1 aliphatic carbocycles. The van der Waals surface area contributed by atoms with Crippen molar-refractivity contribution in [2.75, 3.05) is 0 Å². The quantitative estimate of drug-likeness (QED) is 0.649. The predicted molar refractivity (Wildman–Crippen MR) is 82.0 cm³/mol. The third-order valence-corrected chi connectivity index (χ3v) is 4.85. The van der Waals surface area contributed by atoms with E-state index in [9.17, 15) is 0 Å². The van der Waals surface area contributed by atoms with Gasteiger partial charge in [0.05, 0.1) is 6.04 Å². The number of nitrogens with two attached hydrogens (primary N) is 1. The monoisotopic (exact) mass is 272 g/mol. The lowest BCUT2D eigenvalue weighted by molar-refractivity contribution is 0.163. The molecule has 108 valence electrons. The molecule has 3 nitrogen and oxygen atoms in total. The number of para-hydroxylation sites is 1. The average molecular weight is 272 g/mol. The van der Waals surface area contributed by atoms with Crippen molar-refractivity contribution in [3.05, 3.63) is 36.1 Å². The average Bonchev–Trinajstić information content (AvgIpc) is 2.92. The van der Waals surface area contributed by atoms with Gasteiger partial charge in [-0.05, 0) is 30.4 Å². The summed E-state index contributed by atoms with van der Waals surface area (Å²) in [6.45, 7) is 2.29. The van der Waals surface area contributed by atoms with Gasteiger partial charge in [0.25, 0.3) is 0 Å². The van der Waals surface area contributed by atoms with Gasteiger partial charge >= 0.3 is 0 Å². The van der Waals surface area contributed by atoms with Crippen LogP contribution in [0.5, 0.6) is 0 Å². The Morgan fingerprint density at radius 2 is 2.10 bits per heavy atom. The number of benzene rings is 1. The maximum absolute atomic E-state index is 6.02. The summed E-state index contributed by atoms with van der Waals surface area (Å²) in [5.41, 5.74) is 3.97. The molecule has 0 spiro atoms. The van der Waals surface area contributed by atoms with E-state index in [0.29, 0.717) is 5.92 Å². The third kappa shape index (κ3) is 2.48. The zero-order valence-electron chi connectivity index (χ0n) is 12.1. The van der Waals surface area contributed by atoms with Crippen molar-refractivity contribution >= 4 is 11.0 Å². The lowest BCUT2D eigenvalue weighted by Gasteiger charge is -2.35. The van der Waals surface area contributed by atoms with Crippen molar-refractivity contribution in [1.29, 1.82) is 0 Å². The van der Waals surface area contributed by atoms with Crippen LogP contribution in [0.25, 0.3) is 11.0 Å². The van der Waals surface area contributed by atoms with Crippen LogP contribution in [0, 0.1) is 11.8 Å². The topological polar surface area (TPSA) is 51.2 Å². The maximum Gasteiger partial charge on any atom is 0.134 e. The molecule has 20 heavy (non-hydrogen) atoms. The van der Waals surface area contributed by atoms with Gasteiger partial charge in [0, 0.05) is 5.39 Å². The predicted octanol–water partition coefficient (Wildman–Crippen LogP) is 4.15. The molecule has 0 radical (unpaired) electrons. The van der Waals surface area contributed by atoms with Gasteiger partial charge in [-0.25, -0.2) is 5.43 Å². The number of hydrazine groups is 1. The summed E-state index contributed by atoms with van der Waals surface area (Å²) in [7, 11) is 0. The van der Waals surface area contributed by atoms with E-state index in [-0.39, 0.29) is 6.04 Å². The lowest BCUT2D eigenvalue weighted by atomic mass is 9.73. The fourth-order valence-corrected chi connectivity index (χ4v) is 3.75. The first kappa shape index (κ1) is 13.7. The number of hydrogen-bond donors (Lipinski definition) is 2. The van der Waals surface area contributed by atoms with Crippen LogP contribution in [0.3, 0.4) is 0 Å². The first-order valence-corrected chi connectivity index (χ1v) is 7.78. The molecule has 1 saturated carbocycles. The fraction of sp³-hybridized carbons (Fsp3) is 0.529. The van der Waals surface area contributed by atoms with Gasteiger partial charge in [0.15, 0.2) is 0 Å². The Kier molecular flexibility index (Phi) is 4.08. The molecular formula is C17H24N2O. The minimum atomic E-state index is 0.132. The number of hydrogen-bond acceptors (Lipinski definition) is 3. The SMILES string of the molecule is CCC1CCCCC1C(NN)c1cc2ccccc2o1. The Balaban J connectivity index is 1.91. The Morgan fingerprint density at radius 3 is 2.85 bits per heavy atom. The highest BCUT2D eigenvalue weighted by molar-refractivity contribution is 5.77. The van der Waals surface area contributed by atoms with Crippen molar-refractivity contribution < 1.29 is 4.42 Å². The summed E-state index contributed by atoms with van der Waals surface area (Å²) >= 11 is 0. The van der Waals surface area contributed by atoms with Crippen molar-refractivity contribution in [2.24, 2.45) is 17.7 Å². The summed E-state index contributed by atoms with van der Waals surface area (Å²) in [6, 6.07) is 10.4. The normalized spacial score (nSPS) is 24.9. The first-order chi connectivity index (χ1) is 9.83. The van der Waals surface area contributed by atoms with E-state index in [2.05, 4.69) is 24.5 Å². The van der Waals surface area contributed by atoms with Crippen molar-refractivity contribution in [1.82, 2.24) is 5.43 Å². The molecule has 0 amide bonds. The standard InChI is InChI=1S/C17H24N2O/c1-2-12-7-3-5-9-14(12)17(19-18)16-11-13-8-4-6-10-15(13)20-16/h4,6,8,10-12,14,17,19H,2-3,5,7,9,18H2,1H3. The molecule has 1 heterocycles. The number of fused-ring (bicyclic) bond motifs is 1. The van der Waals surface area contributed by atoms with Crippen LogP contribution >= 0.6 is 0 Å². The molecule has 0 aliphatic heterocycles.